The minimum absolute atomic E-state index is 0.505. The van der Waals surface area contributed by atoms with Crippen LogP contribution in [0.3, 0.4) is 0 Å². The van der Waals surface area contributed by atoms with Crippen LogP contribution in [0, 0.1) is 6.92 Å². The van der Waals surface area contributed by atoms with Crippen LogP contribution in [-0.4, -0.2) is 0 Å². The molecule has 0 saturated carbocycles. The zero-order chi connectivity index (χ0) is 7.72. The van der Waals surface area contributed by atoms with Crippen molar-refractivity contribution in [1.29, 1.82) is 0 Å². The summed E-state index contributed by atoms with van der Waals surface area (Å²) in [6, 6.07) is 1.91. The first kappa shape index (κ1) is 7.82. The van der Waals surface area contributed by atoms with Gasteiger partial charge in [0, 0.05) is 5.56 Å². The summed E-state index contributed by atoms with van der Waals surface area (Å²) >= 11 is 9.00. The Bertz CT molecular complexity index is 239. The molecule has 2 nitrogen and oxygen atoms in total. The van der Waals surface area contributed by atoms with Crippen LogP contribution in [0.2, 0.25) is 5.15 Å². The van der Waals surface area contributed by atoms with Crippen molar-refractivity contribution in [2.24, 2.45) is 0 Å². The molecule has 1 aromatic heterocycles. The first-order chi connectivity index (χ1) is 4.61. The normalized spacial score (nSPS) is 9.90. The molecule has 0 aliphatic heterocycles. The second kappa shape index (κ2) is 2.76. The Labute approximate surface area is 72.7 Å². The smallest absolute Gasteiger partial charge is 0.204 e. The van der Waals surface area contributed by atoms with Gasteiger partial charge in [-0.2, -0.15) is 0 Å². The summed E-state index contributed by atoms with van der Waals surface area (Å²) in [5.74, 6) is 5.48. The molecule has 0 radical (unpaired) electrons. The lowest BCUT2D eigenvalue weighted by Crippen LogP contribution is -2.45. The van der Waals surface area contributed by atoms with Crippen molar-refractivity contribution in [3.05, 3.63) is 27.5 Å². The van der Waals surface area contributed by atoms with E-state index in [1.54, 1.807) is 6.20 Å². The summed E-state index contributed by atoms with van der Waals surface area (Å²) in [6.07, 6.45) is 1.76. The third-order valence-corrected chi connectivity index (χ3v) is 2.35. The maximum absolute atomic E-state index is 5.74. The molecule has 4 heteroatoms. The van der Waals surface area contributed by atoms with E-state index in [-0.39, 0.29) is 0 Å². The van der Waals surface area contributed by atoms with E-state index in [0.717, 1.165) is 10.0 Å². The molecule has 54 valence electrons. The number of nitrogen functional groups attached to an aromatic ring is 1. The number of hydrogen-bond acceptors (Lipinski definition) is 1. The molecule has 1 aromatic rings. The molecule has 1 rings (SSSR count). The predicted octanol–water partition coefficient (Wildman–Crippen LogP) is 1.41. The third kappa shape index (κ3) is 1.41. The highest BCUT2D eigenvalue weighted by atomic mass is 79.9. The van der Waals surface area contributed by atoms with Gasteiger partial charge in [-0.15, -0.1) is 0 Å². The van der Waals surface area contributed by atoms with Gasteiger partial charge in [0.25, 0.3) is 0 Å². The van der Waals surface area contributed by atoms with Crippen molar-refractivity contribution >= 4 is 27.5 Å². The van der Waals surface area contributed by atoms with E-state index in [9.17, 15) is 0 Å². The summed E-state index contributed by atoms with van der Waals surface area (Å²) in [5, 5.41) is 0.505. The fourth-order valence-electron chi connectivity index (χ4n) is 0.696. The minimum atomic E-state index is 0.505. The van der Waals surface area contributed by atoms with E-state index in [1.165, 1.54) is 4.68 Å². The Kier molecular flexibility index (Phi) is 2.16. The Morgan fingerprint density at radius 3 is 2.80 bits per heavy atom. The van der Waals surface area contributed by atoms with Crippen LogP contribution in [0.5, 0.6) is 0 Å². The summed E-state index contributed by atoms with van der Waals surface area (Å²) < 4.78 is 2.19. The van der Waals surface area contributed by atoms with E-state index in [4.69, 9.17) is 17.4 Å². The molecule has 1 heterocycles. The number of pyridine rings is 1. The molecule has 0 unspecified atom stereocenters. The Balaban J connectivity index is 3.31. The molecule has 0 saturated heterocycles. The molecular weight excluding hydrogens is 215 g/mol. The van der Waals surface area contributed by atoms with E-state index in [1.807, 2.05) is 13.0 Å². The summed E-state index contributed by atoms with van der Waals surface area (Å²) in [6.45, 7) is 1.95. The molecule has 2 N–H and O–H groups in total. The van der Waals surface area contributed by atoms with Gasteiger partial charge >= 0.3 is 5.15 Å². The first-order valence-corrected chi connectivity index (χ1v) is 3.90. The zero-order valence-electron chi connectivity index (χ0n) is 5.44. The number of halogens is 2. The quantitative estimate of drug-likeness (QED) is 0.402. The van der Waals surface area contributed by atoms with Gasteiger partial charge in [0.15, 0.2) is 0 Å². The Morgan fingerprint density at radius 2 is 2.30 bits per heavy atom. The van der Waals surface area contributed by atoms with Crippen molar-refractivity contribution in [3.8, 4) is 0 Å². The average Bonchev–Trinajstić information content (AvgIpc) is 1.82. The topological polar surface area (TPSA) is 29.9 Å². The second-order valence-electron chi connectivity index (χ2n) is 2.06. The monoisotopic (exact) mass is 221 g/mol. The molecule has 0 aliphatic carbocycles. The molecule has 0 bridgehead atoms. The van der Waals surface area contributed by atoms with Crippen molar-refractivity contribution in [3.63, 3.8) is 0 Å². The number of aromatic nitrogens is 1. The van der Waals surface area contributed by atoms with Crippen LogP contribution >= 0.6 is 27.5 Å². The van der Waals surface area contributed by atoms with Crippen LogP contribution in [0.1, 0.15) is 5.56 Å². The lowest BCUT2D eigenvalue weighted by molar-refractivity contribution is -0.637. The van der Waals surface area contributed by atoms with E-state index in [0.29, 0.717) is 5.15 Å². The fourth-order valence-corrected chi connectivity index (χ4v) is 1.37. The average molecular weight is 222 g/mol. The van der Waals surface area contributed by atoms with Crippen LogP contribution < -0.4 is 10.5 Å². The van der Waals surface area contributed by atoms with Crippen molar-refractivity contribution in [2.75, 3.05) is 5.84 Å². The van der Waals surface area contributed by atoms with Gasteiger partial charge in [-0.25, -0.2) is 5.84 Å². The number of hydrogen-bond donors (Lipinski definition) is 1. The molecule has 0 atom stereocenters. The highest BCUT2D eigenvalue weighted by Crippen LogP contribution is 2.17. The molecular formula is C6H7BrClN2+. The largest absolute Gasteiger partial charge is 0.317 e. The minimum Gasteiger partial charge on any atom is -0.204 e. The lowest BCUT2D eigenvalue weighted by atomic mass is 10.3. The van der Waals surface area contributed by atoms with E-state index in [2.05, 4.69) is 15.9 Å². The highest BCUT2D eigenvalue weighted by molar-refractivity contribution is 9.10. The lowest BCUT2D eigenvalue weighted by Gasteiger charge is -1.93. The SMILES string of the molecule is Cc1cc(Br)c(Cl)[n+](N)c1. The Morgan fingerprint density at radius 1 is 1.70 bits per heavy atom. The highest BCUT2D eigenvalue weighted by Gasteiger charge is 2.09. The van der Waals surface area contributed by atoms with Gasteiger partial charge in [0.05, 0.1) is 0 Å². The van der Waals surface area contributed by atoms with Gasteiger partial charge in [-0.05, 0) is 40.5 Å². The van der Waals surface area contributed by atoms with Gasteiger partial charge in [-0.1, -0.05) is 4.68 Å². The molecule has 0 aliphatic rings. The van der Waals surface area contributed by atoms with Crippen LogP contribution in [-0.2, 0) is 0 Å². The maximum atomic E-state index is 5.74. The van der Waals surface area contributed by atoms with E-state index < -0.39 is 0 Å². The first-order valence-electron chi connectivity index (χ1n) is 2.73. The number of aryl methyl sites for hydroxylation is 1. The summed E-state index contributed by atoms with van der Waals surface area (Å²) in [7, 11) is 0. The molecule has 0 fully saturated rings. The Hall–Kier alpha value is -0.280. The second-order valence-corrected chi connectivity index (χ2v) is 3.28. The predicted molar refractivity (Wildman–Crippen MR) is 44.2 cm³/mol. The molecule has 0 aromatic carbocycles. The van der Waals surface area contributed by atoms with Gasteiger partial charge in [0.2, 0.25) is 6.20 Å². The number of rotatable bonds is 0. The van der Waals surface area contributed by atoms with E-state index >= 15 is 0 Å². The summed E-state index contributed by atoms with van der Waals surface area (Å²) in [5.41, 5.74) is 1.07. The van der Waals surface area contributed by atoms with Crippen molar-refractivity contribution < 1.29 is 4.68 Å². The fraction of sp³-hybridized carbons (Fsp3) is 0.167. The molecule has 10 heavy (non-hydrogen) atoms. The zero-order valence-corrected chi connectivity index (χ0v) is 7.78. The number of nitrogens with zero attached hydrogens (tertiary/aromatic N) is 1. The third-order valence-electron chi connectivity index (χ3n) is 1.12. The summed E-state index contributed by atoms with van der Waals surface area (Å²) in [4.78, 5) is 0. The van der Waals surface area contributed by atoms with Crippen molar-refractivity contribution in [1.82, 2.24) is 0 Å². The van der Waals surface area contributed by atoms with Crippen LogP contribution in [0.25, 0.3) is 0 Å². The molecule has 0 spiro atoms. The van der Waals surface area contributed by atoms with Crippen LogP contribution in [0.15, 0.2) is 16.7 Å². The molecule has 0 amide bonds. The van der Waals surface area contributed by atoms with Gasteiger partial charge in [0.1, 0.15) is 4.47 Å². The van der Waals surface area contributed by atoms with Gasteiger partial charge in [-0.3, -0.25) is 0 Å². The van der Waals surface area contributed by atoms with Crippen LogP contribution in [0.4, 0.5) is 0 Å². The van der Waals surface area contributed by atoms with Gasteiger partial charge < -0.3 is 0 Å². The van der Waals surface area contributed by atoms with Crippen molar-refractivity contribution in [2.45, 2.75) is 6.92 Å². The number of nitrogens with two attached hydrogens (primary N) is 1. The standard InChI is InChI=1S/C6H7BrClN2/c1-4-2-5(7)6(8)10(9)3-4/h2-3H,9H2,1H3/q+1. The maximum Gasteiger partial charge on any atom is 0.317 e.